The lowest BCUT2D eigenvalue weighted by atomic mass is 10.1. The van der Waals surface area contributed by atoms with Gasteiger partial charge in [-0.25, -0.2) is 0 Å². The number of rotatable bonds is 10. The van der Waals surface area contributed by atoms with Crippen LogP contribution in [0.4, 0.5) is 11.4 Å². The van der Waals surface area contributed by atoms with Crippen molar-refractivity contribution in [3.63, 3.8) is 0 Å². The lowest BCUT2D eigenvalue weighted by Crippen LogP contribution is -2.30. The van der Waals surface area contributed by atoms with Gasteiger partial charge in [0.15, 0.2) is 0 Å². The molecule has 0 aliphatic heterocycles. The molecule has 6 nitrogen and oxygen atoms in total. The van der Waals surface area contributed by atoms with Crippen molar-refractivity contribution >= 4 is 70.1 Å². The maximum Gasteiger partial charge on any atom is 0.272 e. The molecule has 1 unspecified atom stereocenters. The summed E-state index contributed by atoms with van der Waals surface area (Å²) in [5, 5.41) is 8.80. The molecule has 0 heterocycles. The highest BCUT2D eigenvalue weighted by Gasteiger charge is 2.20. The quantitative estimate of drug-likeness (QED) is 0.121. The summed E-state index contributed by atoms with van der Waals surface area (Å²) >= 11 is 14.0. The number of amides is 3. The molecular formula is C34H31Cl2N3O3S. The Morgan fingerprint density at radius 1 is 0.814 bits per heavy atom. The van der Waals surface area contributed by atoms with Crippen LogP contribution in [0.25, 0.3) is 6.08 Å². The van der Waals surface area contributed by atoms with Crippen molar-refractivity contribution in [2.45, 2.75) is 37.3 Å². The Hall–Kier alpha value is -4.04. The smallest absolute Gasteiger partial charge is 0.272 e. The van der Waals surface area contributed by atoms with E-state index in [9.17, 15) is 14.4 Å². The molecule has 9 heteroatoms. The minimum absolute atomic E-state index is 0.0182. The summed E-state index contributed by atoms with van der Waals surface area (Å²) in [6, 6.07) is 26.8. The number of hydrogen-bond donors (Lipinski definition) is 3. The fourth-order valence-corrected chi connectivity index (χ4v) is 5.71. The Labute approximate surface area is 265 Å². The van der Waals surface area contributed by atoms with Crippen LogP contribution in [0.3, 0.4) is 0 Å². The van der Waals surface area contributed by atoms with Gasteiger partial charge in [-0.05, 0) is 91.6 Å². The number of benzene rings is 4. The average molecular weight is 633 g/mol. The molecule has 0 spiro atoms. The number of thioether (sulfide) groups is 1. The molecule has 0 bridgehead atoms. The summed E-state index contributed by atoms with van der Waals surface area (Å²) in [6.45, 7) is 5.94. The minimum Gasteiger partial charge on any atom is -0.325 e. The SMILES string of the molecule is CCC(Sc1cccc(NC(=O)/C(=C\c2cccc(Cl)c2Cl)NC(=O)c2ccccc2)c1)C(=O)Nc1cc(C)cc(C)c1. The number of aryl methyl sites for hydroxylation is 2. The van der Waals surface area contributed by atoms with Crippen LogP contribution in [-0.4, -0.2) is 23.0 Å². The topological polar surface area (TPSA) is 87.3 Å². The van der Waals surface area contributed by atoms with Crippen LogP contribution in [0.5, 0.6) is 0 Å². The third-order valence-electron chi connectivity index (χ3n) is 6.33. The molecule has 0 aromatic heterocycles. The van der Waals surface area contributed by atoms with Gasteiger partial charge in [-0.15, -0.1) is 11.8 Å². The van der Waals surface area contributed by atoms with Crippen LogP contribution in [-0.2, 0) is 9.59 Å². The summed E-state index contributed by atoms with van der Waals surface area (Å²) in [5.74, 6) is -1.11. The molecular weight excluding hydrogens is 601 g/mol. The van der Waals surface area contributed by atoms with E-state index < -0.39 is 11.8 Å². The van der Waals surface area contributed by atoms with Gasteiger partial charge in [0.25, 0.3) is 11.8 Å². The van der Waals surface area contributed by atoms with Gasteiger partial charge < -0.3 is 16.0 Å². The molecule has 1 atom stereocenters. The van der Waals surface area contributed by atoms with Crippen molar-refractivity contribution in [2.75, 3.05) is 10.6 Å². The van der Waals surface area contributed by atoms with Crippen molar-refractivity contribution in [2.24, 2.45) is 0 Å². The fraction of sp³-hybridized carbons (Fsp3) is 0.147. The highest BCUT2D eigenvalue weighted by molar-refractivity contribution is 8.00. The lowest BCUT2D eigenvalue weighted by Gasteiger charge is -2.16. The van der Waals surface area contributed by atoms with Crippen molar-refractivity contribution in [1.82, 2.24) is 5.32 Å². The standard InChI is InChI=1S/C34H31Cl2N3O3S/c1-4-30(34(42)38-26-17-21(2)16-22(3)18-26)43-27-14-9-13-25(20-27)37-33(41)29(19-24-12-8-15-28(35)31(24)36)39-32(40)23-10-6-5-7-11-23/h5-20,30H,4H2,1-3H3,(H,37,41)(H,38,42)(H,39,40)/b29-19+. The van der Waals surface area contributed by atoms with Crippen molar-refractivity contribution < 1.29 is 14.4 Å². The van der Waals surface area contributed by atoms with Gasteiger partial charge in [-0.2, -0.15) is 0 Å². The Bertz CT molecular complexity index is 1650. The molecule has 0 saturated heterocycles. The van der Waals surface area contributed by atoms with E-state index in [-0.39, 0.29) is 21.9 Å². The van der Waals surface area contributed by atoms with E-state index in [2.05, 4.69) is 22.0 Å². The summed E-state index contributed by atoms with van der Waals surface area (Å²) in [4.78, 5) is 40.4. The molecule has 3 N–H and O–H groups in total. The van der Waals surface area contributed by atoms with E-state index in [0.29, 0.717) is 28.3 Å². The second-order valence-electron chi connectivity index (χ2n) is 9.88. The van der Waals surface area contributed by atoms with E-state index in [0.717, 1.165) is 21.7 Å². The van der Waals surface area contributed by atoms with Gasteiger partial charge in [0.2, 0.25) is 5.91 Å². The Morgan fingerprint density at radius 3 is 2.21 bits per heavy atom. The normalized spacial score (nSPS) is 11.9. The van der Waals surface area contributed by atoms with Gasteiger partial charge in [-0.3, -0.25) is 14.4 Å². The second kappa shape index (κ2) is 14.9. The fourth-order valence-electron chi connectivity index (χ4n) is 4.33. The molecule has 4 aromatic rings. The van der Waals surface area contributed by atoms with E-state index in [4.69, 9.17) is 23.2 Å². The van der Waals surface area contributed by atoms with E-state index in [1.165, 1.54) is 17.8 Å². The van der Waals surface area contributed by atoms with E-state index in [1.54, 1.807) is 66.7 Å². The Balaban J connectivity index is 1.53. The molecule has 4 aromatic carbocycles. The first-order valence-electron chi connectivity index (χ1n) is 13.6. The van der Waals surface area contributed by atoms with Crippen LogP contribution in [0.2, 0.25) is 10.0 Å². The van der Waals surface area contributed by atoms with Crippen molar-refractivity contribution in [3.05, 3.63) is 129 Å². The Kier molecular flexibility index (Phi) is 11.1. The third kappa shape index (κ3) is 8.97. The number of halogens is 2. The van der Waals surface area contributed by atoms with Crippen LogP contribution in [0.15, 0.2) is 102 Å². The minimum atomic E-state index is -0.554. The third-order valence-corrected chi connectivity index (χ3v) is 8.52. The number of hydrogen-bond acceptors (Lipinski definition) is 4. The highest BCUT2D eigenvalue weighted by atomic mass is 35.5. The number of anilines is 2. The highest BCUT2D eigenvalue weighted by Crippen LogP contribution is 2.30. The first kappa shape index (κ1) is 31.9. The van der Waals surface area contributed by atoms with Crippen LogP contribution in [0.1, 0.15) is 40.4 Å². The van der Waals surface area contributed by atoms with Crippen LogP contribution < -0.4 is 16.0 Å². The van der Waals surface area contributed by atoms with Gasteiger partial charge in [0.1, 0.15) is 5.70 Å². The van der Waals surface area contributed by atoms with Gasteiger partial charge >= 0.3 is 0 Å². The molecule has 0 radical (unpaired) electrons. The molecule has 0 fully saturated rings. The molecule has 0 aliphatic carbocycles. The molecule has 220 valence electrons. The summed E-state index contributed by atoms with van der Waals surface area (Å²) in [5.41, 5.74) is 4.25. The first-order valence-corrected chi connectivity index (χ1v) is 15.3. The predicted octanol–water partition coefficient (Wildman–Crippen LogP) is 8.53. The zero-order valence-electron chi connectivity index (χ0n) is 23.9. The van der Waals surface area contributed by atoms with Crippen molar-refractivity contribution in [1.29, 1.82) is 0 Å². The van der Waals surface area contributed by atoms with Crippen LogP contribution >= 0.6 is 35.0 Å². The largest absolute Gasteiger partial charge is 0.325 e. The molecule has 0 saturated carbocycles. The van der Waals surface area contributed by atoms with E-state index in [1.807, 2.05) is 39.0 Å². The predicted molar refractivity (Wildman–Crippen MR) is 178 cm³/mol. The van der Waals surface area contributed by atoms with Crippen LogP contribution in [0, 0.1) is 13.8 Å². The summed E-state index contributed by atoms with van der Waals surface area (Å²) in [7, 11) is 0. The average Bonchev–Trinajstić information content (AvgIpc) is 2.97. The zero-order chi connectivity index (χ0) is 30.9. The Morgan fingerprint density at radius 2 is 1.51 bits per heavy atom. The van der Waals surface area contributed by atoms with E-state index >= 15 is 0 Å². The number of carbonyl (C=O) groups is 3. The first-order chi connectivity index (χ1) is 20.6. The number of nitrogens with one attached hydrogen (secondary N) is 3. The summed E-state index contributed by atoms with van der Waals surface area (Å²) in [6.07, 6.45) is 2.09. The van der Waals surface area contributed by atoms with Crippen molar-refractivity contribution in [3.8, 4) is 0 Å². The lowest BCUT2D eigenvalue weighted by molar-refractivity contribution is -0.116. The molecule has 0 aliphatic rings. The van der Waals surface area contributed by atoms with Gasteiger partial charge in [0.05, 0.1) is 15.3 Å². The second-order valence-corrected chi connectivity index (χ2v) is 11.9. The van der Waals surface area contributed by atoms with Gasteiger partial charge in [-0.1, -0.05) is 72.6 Å². The monoisotopic (exact) mass is 631 g/mol. The molecule has 3 amide bonds. The maximum atomic E-state index is 13.5. The molecule has 43 heavy (non-hydrogen) atoms. The zero-order valence-corrected chi connectivity index (χ0v) is 26.2. The number of carbonyl (C=O) groups excluding carboxylic acids is 3. The maximum absolute atomic E-state index is 13.5. The molecule has 4 rings (SSSR count). The van der Waals surface area contributed by atoms with Gasteiger partial charge in [0, 0.05) is 21.8 Å². The summed E-state index contributed by atoms with van der Waals surface area (Å²) < 4.78 is 0.